The molecule has 0 spiro atoms. The number of hydrogen-bond donors (Lipinski definition) is 1. The minimum Gasteiger partial charge on any atom is -0.508 e. The average molecular weight is 304 g/mol. The first-order chi connectivity index (χ1) is 10.6. The molecule has 1 unspecified atom stereocenters. The Morgan fingerprint density at radius 2 is 1.95 bits per heavy atom. The van der Waals surface area contributed by atoms with Gasteiger partial charge in [-0.25, -0.2) is 0 Å². The summed E-state index contributed by atoms with van der Waals surface area (Å²) in [5.41, 5.74) is 1.37. The van der Waals surface area contributed by atoms with E-state index in [-0.39, 0.29) is 25.2 Å². The third-order valence-electron chi connectivity index (χ3n) is 3.32. The molecular weight excluding hydrogens is 284 g/mol. The van der Waals surface area contributed by atoms with Gasteiger partial charge in [-0.05, 0) is 30.2 Å². The Balaban J connectivity index is 2.45. The second kappa shape index (κ2) is 9.50. The molecule has 0 aliphatic rings. The maximum Gasteiger partial charge on any atom is 0.306 e. The van der Waals surface area contributed by atoms with Gasteiger partial charge in [0.1, 0.15) is 18.3 Å². The number of allylic oxidation sites excluding steroid dienone is 2. The Labute approximate surface area is 129 Å². The van der Waals surface area contributed by atoms with Crippen molar-refractivity contribution in [1.82, 2.24) is 0 Å². The molecule has 1 N–H and O–H groups in total. The van der Waals surface area contributed by atoms with Gasteiger partial charge in [0.15, 0.2) is 0 Å². The van der Waals surface area contributed by atoms with Crippen molar-refractivity contribution in [2.45, 2.75) is 26.2 Å². The molecule has 0 saturated carbocycles. The SMILES string of the molecule is CC=C(C=O)C(CC=O)CC(=O)OCCc1ccc(O)cc1. The summed E-state index contributed by atoms with van der Waals surface area (Å²) >= 11 is 0. The van der Waals surface area contributed by atoms with Crippen LogP contribution in [0.4, 0.5) is 0 Å². The molecule has 0 radical (unpaired) electrons. The van der Waals surface area contributed by atoms with Crippen LogP contribution in [-0.4, -0.2) is 30.3 Å². The quantitative estimate of drug-likeness (QED) is 0.430. The van der Waals surface area contributed by atoms with Crippen molar-refractivity contribution in [3.8, 4) is 5.75 Å². The summed E-state index contributed by atoms with van der Waals surface area (Å²) in [7, 11) is 0. The third-order valence-corrected chi connectivity index (χ3v) is 3.32. The Kier molecular flexibility index (Phi) is 7.61. The topological polar surface area (TPSA) is 80.7 Å². The number of ether oxygens (including phenoxy) is 1. The molecule has 0 bridgehead atoms. The second-order valence-corrected chi connectivity index (χ2v) is 4.85. The molecule has 0 heterocycles. The van der Waals surface area contributed by atoms with Gasteiger partial charge in [-0.15, -0.1) is 0 Å². The Hall–Kier alpha value is -2.43. The number of carbonyl (C=O) groups is 3. The zero-order valence-electron chi connectivity index (χ0n) is 12.5. The van der Waals surface area contributed by atoms with E-state index in [0.717, 1.165) is 5.56 Å². The van der Waals surface area contributed by atoms with Crippen LogP contribution in [0.15, 0.2) is 35.9 Å². The number of phenols is 1. The fraction of sp³-hybridized carbons (Fsp3) is 0.353. The fourth-order valence-electron chi connectivity index (χ4n) is 2.06. The second-order valence-electron chi connectivity index (χ2n) is 4.85. The lowest BCUT2D eigenvalue weighted by atomic mass is 9.93. The van der Waals surface area contributed by atoms with E-state index in [4.69, 9.17) is 4.74 Å². The zero-order valence-corrected chi connectivity index (χ0v) is 12.5. The number of benzene rings is 1. The van der Waals surface area contributed by atoms with Crippen molar-refractivity contribution in [3.05, 3.63) is 41.5 Å². The van der Waals surface area contributed by atoms with E-state index in [0.29, 0.717) is 24.6 Å². The first-order valence-electron chi connectivity index (χ1n) is 7.09. The normalized spacial score (nSPS) is 12.5. The average Bonchev–Trinajstić information content (AvgIpc) is 2.50. The maximum absolute atomic E-state index is 11.8. The first-order valence-corrected chi connectivity index (χ1v) is 7.09. The van der Waals surface area contributed by atoms with Crippen LogP contribution in [-0.2, 0) is 25.5 Å². The van der Waals surface area contributed by atoms with Crippen molar-refractivity contribution in [3.63, 3.8) is 0 Å². The number of rotatable bonds is 9. The van der Waals surface area contributed by atoms with E-state index < -0.39 is 11.9 Å². The lowest BCUT2D eigenvalue weighted by Gasteiger charge is -2.13. The number of hydrogen-bond acceptors (Lipinski definition) is 5. The van der Waals surface area contributed by atoms with E-state index in [1.54, 1.807) is 37.3 Å². The number of aromatic hydroxyl groups is 1. The van der Waals surface area contributed by atoms with Crippen LogP contribution in [0, 0.1) is 5.92 Å². The van der Waals surface area contributed by atoms with Gasteiger partial charge < -0.3 is 14.6 Å². The molecule has 1 aromatic carbocycles. The van der Waals surface area contributed by atoms with Crippen molar-refractivity contribution in [1.29, 1.82) is 0 Å². The van der Waals surface area contributed by atoms with Crippen LogP contribution >= 0.6 is 0 Å². The van der Waals surface area contributed by atoms with Crippen molar-refractivity contribution >= 4 is 18.5 Å². The summed E-state index contributed by atoms with van der Waals surface area (Å²) in [6.45, 7) is 1.90. The highest BCUT2D eigenvalue weighted by Gasteiger charge is 2.18. The van der Waals surface area contributed by atoms with E-state index in [9.17, 15) is 19.5 Å². The van der Waals surface area contributed by atoms with Crippen LogP contribution in [0.3, 0.4) is 0 Å². The van der Waals surface area contributed by atoms with E-state index in [2.05, 4.69) is 0 Å². The molecule has 5 heteroatoms. The summed E-state index contributed by atoms with van der Waals surface area (Å²) in [5, 5.41) is 9.17. The minimum atomic E-state index is -0.438. The summed E-state index contributed by atoms with van der Waals surface area (Å²) in [6, 6.07) is 6.64. The Morgan fingerprint density at radius 1 is 1.27 bits per heavy atom. The molecular formula is C17H20O5. The van der Waals surface area contributed by atoms with Gasteiger partial charge in [0.2, 0.25) is 0 Å². The van der Waals surface area contributed by atoms with Crippen molar-refractivity contribution < 1.29 is 24.2 Å². The number of aldehydes is 2. The van der Waals surface area contributed by atoms with Crippen molar-refractivity contribution in [2.24, 2.45) is 5.92 Å². The first kappa shape index (κ1) is 17.6. The Bertz CT molecular complexity index is 530. The molecule has 0 saturated heterocycles. The van der Waals surface area contributed by atoms with Gasteiger partial charge in [0.05, 0.1) is 13.0 Å². The molecule has 0 aliphatic heterocycles. The molecule has 1 atom stereocenters. The lowest BCUT2D eigenvalue weighted by Crippen LogP contribution is -2.16. The number of phenolic OH excluding ortho intramolecular Hbond substituents is 1. The van der Waals surface area contributed by atoms with E-state index in [1.807, 2.05) is 0 Å². The minimum absolute atomic E-state index is 0.00668. The third kappa shape index (κ3) is 5.91. The Morgan fingerprint density at radius 3 is 2.50 bits per heavy atom. The standard InChI is InChI=1S/C17H20O5/c1-2-14(12-19)15(7-9-18)11-17(21)22-10-8-13-3-5-16(20)6-4-13/h2-6,9,12,15,20H,7-8,10-11H2,1H3. The smallest absolute Gasteiger partial charge is 0.306 e. The van der Waals surface area contributed by atoms with Gasteiger partial charge in [0, 0.05) is 18.8 Å². The maximum atomic E-state index is 11.8. The zero-order chi connectivity index (χ0) is 16.4. The predicted octanol–water partition coefficient (Wildman–Crippen LogP) is 2.22. The highest BCUT2D eigenvalue weighted by Crippen LogP contribution is 2.18. The summed E-state index contributed by atoms with van der Waals surface area (Å²) in [6.07, 6.45) is 3.62. The van der Waals surface area contributed by atoms with E-state index in [1.165, 1.54) is 0 Å². The highest BCUT2D eigenvalue weighted by atomic mass is 16.5. The molecule has 0 aliphatic carbocycles. The van der Waals surface area contributed by atoms with Crippen LogP contribution < -0.4 is 0 Å². The van der Waals surface area contributed by atoms with Gasteiger partial charge in [-0.2, -0.15) is 0 Å². The van der Waals surface area contributed by atoms with E-state index >= 15 is 0 Å². The number of esters is 1. The summed E-state index contributed by atoms with van der Waals surface area (Å²) in [4.78, 5) is 33.3. The van der Waals surface area contributed by atoms with Gasteiger partial charge >= 0.3 is 5.97 Å². The monoisotopic (exact) mass is 304 g/mol. The summed E-state index contributed by atoms with van der Waals surface area (Å²) in [5.74, 6) is -0.682. The van der Waals surface area contributed by atoms with Crippen LogP contribution in [0.25, 0.3) is 0 Å². The number of carbonyl (C=O) groups excluding carboxylic acids is 3. The molecule has 22 heavy (non-hydrogen) atoms. The molecule has 0 aromatic heterocycles. The predicted molar refractivity (Wildman–Crippen MR) is 81.4 cm³/mol. The van der Waals surface area contributed by atoms with Crippen molar-refractivity contribution in [2.75, 3.05) is 6.61 Å². The highest BCUT2D eigenvalue weighted by molar-refractivity contribution is 5.78. The molecule has 1 rings (SSSR count). The van der Waals surface area contributed by atoms with Gasteiger partial charge in [0.25, 0.3) is 0 Å². The molecule has 118 valence electrons. The largest absolute Gasteiger partial charge is 0.508 e. The molecule has 1 aromatic rings. The fourth-order valence-corrected chi connectivity index (χ4v) is 2.06. The van der Waals surface area contributed by atoms with Crippen LogP contribution in [0.2, 0.25) is 0 Å². The molecule has 5 nitrogen and oxygen atoms in total. The summed E-state index contributed by atoms with van der Waals surface area (Å²) < 4.78 is 5.13. The molecule has 0 fully saturated rings. The van der Waals surface area contributed by atoms with Crippen LogP contribution in [0.5, 0.6) is 5.75 Å². The van der Waals surface area contributed by atoms with Gasteiger partial charge in [-0.3, -0.25) is 9.59 Å². The lowest BCUT2D eigenvalue weighted by molar-refractivity contribution is -0.144. The van der Waals surface area contributed by atoms with Crippen LogP contribution in [0.1, 0.15) is 25.3 Å². The molecule has 0 amide bonds. The van der Waals surface area contributed by atoms with Gasteiger partial charge in [-0.1, -0.05) is 18.2 Å².